The average molecular weight is 346 g/mol. The molecule has 0 unspecified atom stereocenters. The van der Waals surface area contributed by atoms with Crippen LogP contribution in [0.5, 0.6) is 0 Å². The molecule has 2 aromatic carbocycles. The number of nitrogens with zero attached hydrogens (tertiary/aromatic N) is 1. The van der Waals surface area contributed by atoms with Gasteiger partial charge in [0.15, 0.2) is 5.69 Å². The maximum atomic E-state index is 8.85. The highest BCUT2D eigenvalue weighted by Crippen LogP contribution is 2.48. The lowest BCUT2D eigenvalue weighted by molar-refractivity contribution is -0.665. The molecule has 0 saturated carbocycles. The number of benzene rings is 2. The number of fused-ring (bicyclic) bond motifs is 2. The standard InChI is InChI=1S/C25H30N/c1-15(2)11-18-13-19-12-17(4)26(7)24-22-16(3)9-8-10-20(22)25(5,6)21(14-18)23(19)24/h8-10,12-15H,11H2,1-7H3/q+1/i12D. The number of hydrogen-bond acceptors (Lipinski definition) is 0. The molecule has 134 valence electrons. The number of rotatable bonds is 2. The van der Waals surface area contributed by atoms with Crippen LogP contribution in [0.2, 0.25) is 0 Å². The summed E-state index contributed by atoms with van der Waals surface area (Å²) in [7, 11) is 2.11. The first-order valence-corrected chi connectivity index (χ1v) is 9.71. The lowest BCUT2D eigenvalue weighted by Crippen LogP contribution is -2.38. The Kier molecular flexibility index (Phi) is 3.50. The van der Waals surface area contributed by atoms with Crippen LogP contribution in [0, 0.1) is 19.8 Å². The average Bonchev–Trinajstić information content (AvgIpc) is 2.59. The van der Waals surface area contributed by atoms with Crippen LogP contribution in [0.4, 0.5) is 0 Å². The molecule has 3 aromatic rings. The maximum absolute atomic E-state index is 8.85. The first-order valence-electron chi connectivity index (χ1n) is 10.2. The highest BCUT2D eigenvalue weighted by atomic mass is 14.9. The van der Waals surface area contributed by atoms with Crippen molar-refractivity contribution in [3.05, 3.63) is 64.3 Å². The second kappa shape index (κ2) is 5.67. The highest BCUT2D eigenvalue weighted by Gasteiger charge is 2.38. The monoisotopic (exact) mass is 345 g/mol. The van der Waals surface area contributed by atoms with Gasteiger partial charge in [0.2, 0.25) is 5.69 Å². The number of pyridine rings is 1. The second-order valence-electron chi connectivity index (χ2n) is 8.90. The summed E-state index contributed by atoms with van der Waals surface area (Å²) >= 11 is 0. The van der Waals surface area contributed by atoms with Crippen LogP contribution in [0.1, 0.15) is 57.0 Å². The van der Waals surface area contributed by atoms with Gasteiger partial charge in [-0.1, -0.05) is 58.0 Å². The lowest BCUT2D eigenvalue weighted by atomic mass is 9.68. The van der Waals surface area contributed by atoms with Crippen molar-refractivity contribution < 1.29 is 5.94 Å². The van der Waals surface area contributed by atoms with Gasteiger partial charge in [-0.05, 0) is 46.9 Å². The van der Waals surface area contributed by atoms with E-state index in [0.29, 0.717) is 12.0 Å². The zero-order chi connectivity index (χ0) is 19.7. The molecule has 0 spiro atoms. The lowest BCUT2D eigenvalue weighted by Gasteiger charge is -2.35. The molecule has 26 heavy (non-hydrogen) atoms. The van der Waals surface area contributed by atoms with Crippen molar-refractivity contribution >= 4 is 10.8 Å². The Balaban J connectivity index is 2.26. The zero-order valence-electron chi connectivity index (χ0n) is 18.1. The second-order valence-corrected chi connectivity index (χ2v) is 8.90. The van der Waals surface area contributed by atoms with Crippen LogP contribution < -0.4 is 4.57 Å². The summed E-state index contributed by atoms with van der Waals surface area (Å²) in [5, 5.41) is 2.38. The Hall–Kier alpha value is -2.15. The summed E-state index contributed by atoms with van der Waals surface area (Å²) in [5.41, 5.74) is 9.00. The number of aromatic nitrogens is 1. The van der Waals surface area contributed by atoms with Gasteiger partial charge < -0.3 is 0 Å². The molecule has 0 aliphatic heterocycles. The molecule has 1 heterocycles. The molecule has 0 N–H and O–H groups in total. The van der Waals surface area contributed by atoms with E-state index in [1.54, 1.807) is 0 Å². The van der Waals surface area contributed by atoms with Crippen LogP contribution in [0.3, 0.4) is 0 Å². The van der Waals surface area contributed by atoms with E-state index >= 15 is 0 Å². The van der Waals surface area contributed by atoms with Gasteiger partial charge in [0.25, 0.3) is 0 Å². The molecule has 0 amide bonds. The van der Waals surface area contributed by atoms with E-state index in [9.17, 15) is 0 Å². The van der Waals surface area contributed by atoms with Gasteiger partial charge >= 0.3 is 0 Å². The minimum absolute atomic E-state index is 0.0751. The normalized spacial score (nSPS) is 15.3. The molecule has 1 aromatic heterocycles. The summed E-state index contributed by atoms with van der Waals surface area (Å²) in [6.07, 6.45) is 1.05. The predicted molar refractivity (Wildman–Crippen MR) is 111 cm³/mol. The Bertz CT molecular complexity index is 1090. The molecule has 1 heteroatoms. The number of aryl methyl sites for hydroxylation is 1. The molecule has 0 bridgehead atoms. The summed E-state index contributed by atoms with van der Waals surface area (Å²) < 4.78 is 11.1. The highest BCUT2D eigenvalue weighted by molar-refractivity contribution is 6.01. The Labute approximate surface area is 159 Å². The fraction of sp³-hybridized carbons (Fsp3) is 0.400. The van der Waals surface area contributed by atoms with Gasteiger partial charge in [-0.3, -0.25) is 0 Å². The summed E-state index contributed by atoms with van der Waals surface area (Å²) in [6.45, 7) is 13.5. The van der Waals surface area contributed by atoms with E-state index in [1.165, 1.54) is 38.9 Å². The zero-order valence-corrected chi connectivity index (χ0v) is 17.1. The van der Waals surface area contributed by atoms with Gasteiger partial charge in [-0.15, -0.1) is 0 Å². The SMILES string of the molecule is [2H]c1c(C)[n+](C)c2c3c(cc(CC(C)C)cc13)C(C)(C)c1cccc(C)c1-2. The topological polar surface area (TPSA) is 3.88 Å². The van der Waals surface area contributed by atoms with Crippen LogP contribution in [-0.4, -0.2) is 0 Å². The van der Waals surface area contributed by atoms with E-state index in [0.717, 1.165) is 17.5 Å². The first kappa shape index (κ1) is 16.1. The fourth-order valence-corrected chi connectivity index (χ4v) is 4.69. The molecular formula is C25H30N+. The molecule has 0 atom stereocenters. The van der Waals surface area contributed by atoms with E-state index in [4.69, 9.17) is 1.37 Å². The van der Waals surface area contributed by atoms with Crippen molar-refractivity contribution in [2.45, 2.75) is 53.4 Å². The minimum atomic E-state index is -0.0751. The first-order chi connectivity index (χ1) is 12.6. The summed E-state index contributed by atoms with van der Waals surface area (Å²) in [6, 6.07) is 12.0. The summed E-state index contributed by atoms with van der Waals surface area (Å²) in [5.74, 6) is 0.602. The van der Waals surface area contributed by atoms with E-state index in [2.05, 4.69) is 83.5 Å². The summed E-state index contributed by atoms with van der Waals surface area (Å²) in [4.78, 5) is 0. The third kappa shape index (κ3) is 2.33. The van der Waals surface area contributed by atoms with Crippen molar-refractivity contribution in [1.29, 1.82) is 0 Å². The van der Waals surface area contributed by atoms with Crippen molar-refractivity contribution in [3.63, 3.8) is 0 Å². The van der Waals surface area contributed by atoms with Gasteiger partial charge in [-0.25, -0.2) is 0 Å². The molecular weight excluding hydrogens is 314 g/mol. The van der Waals surface area contributed by atoms with Gasteiger partial charge in [0.1, 0.15) is 7.05 Å². The molecule has 1 aliphatic rings. The van der Waals surface area contributed by atoms with E-state index < -0.39 is 0 Å². The third-order valence-electron chi connectivity index (χ3n) is 6.09. The molecule has 0 fully saturated rings. The number of hydrogen-bond donors (Lipinski definition) is 0. The quantitative estimate of drug-likeness (QED) is 0.518. The third-order valence-corrected chi connectivity index (χ3v) is 6.09. The Morgan fingerprint density at radius 3 is 2.54 bits per heavy atom. The van der Waals surface area contributed by atoms with Gasteiger partial charge in [-0.2, -0.15) is 4.57 Å². The maximum Gasteiger partial charge on any atom is 0.221 e. The fourth-order valence-electron chi connectivity index (χ4n) is 4.69. The Morgan fingerprint density at radius 2 is 1.85 bits per heavy atom. The van der Waals surface area contributed by atoms with Gasteiger partial charge in [0.05, 0.1) is 12.3 Å². The molecule has 0 radical (unpaired) electrons. The van der Waals surface area contributed by atoms with Crippen LogP contribution in [-0.2, 0) is 18.9 Å². The largest absolute Gasteiger partial charge is 0.221 e. The van der Waals surface area contributed by atoms with Crippen molar-refractivity contribution in [3.8, 4) is 11.3 Å². The van der Waals surface area contributed by atoms with Crippen molar-refractivity contribution in [1.82, 2.24) is 0 Å². The van der Waals surface area contributed by atoms with Crippen molar-refractivity contribution in [2.24, 2.45) is 13.0 Å². The van der Waals surface area contributed by atoms with Crippen molar-refractivity contribution in [2.75, 3.05) is 0 Å². The molecule has 4 rings (SSSR count). The van der Waals surface area contributed by atoms with Crippen LogP contribution >= 0.6 is 0 Å². The minimum Gasteiger partial charge on any atom is -0.198 e. The molecule has 1 aliphatic carbocycles. The molecule has 1 nitrogen and oxygen atoms in total. The van der Waals surface area contributed by atoms with E-state index in [-0.39, 0.29) is 5.41 Å². The Morgan fingerprint density at radius 1 is 1.12 bits per heavy atom. The van der Waals surface area contributed by atoms with Crippen LogP contribution in [0.25, 0.3) is 22.0 Å². The smallest absolute Gasteiger partial charge is 0.198 e. The van der Waals surface area contributed by atoms with Gasteiger partial charge in [0, 0.05) is 18.4 Å². The predicted octanol–water partition coefficient (Wildman–Crippen LogP) is 5.79. The molecule has 0 saturated heterocycles. The van der Waals surface area contributed by atoms with E-state index in [1.807, 2.05) is 0 Å². The van der Waals surface area contributed by atoms with Crippen LogP contribution in [0.15, 0.2) is 36.4 Å².